The summed E-state index contributed by atoms with van der Waals surface area (Å²) in [6.07, 6.45) is 4.98. The molecule has 1 saturated carbocycles. The zero-order chi connectivity index (χ0) is 14.2. The van der Waals surface area contributed by atoms with Crippen molar-refractivity contribution in [2.45, 2.75) is 51.0 Å². The van der Waals surface area contributed by atoms with Crippen LogP contribution in [-0.2, 0) is 9.53 Å². The van der Waals surface area contributed by atoms with Gasteiger partial charge in [-0.1, -0.05) is 36.8 Å². The van der Waals surface area contributed by atoms with Crippen LogP contribution in [-0.4, -0.2) is 25.2 Å². The summed E-state index contributed by atoms with van der Waals surface area (Å²) in [4.78, 5) is 11.2. The molecule has 1 aromatic rings. The second kappa shape index (κ2) is 8.05. The fourth-order valence-corrected chi connectivity index (χ4v) is 2.58. The van der Waals surface area contributed by atoms with Gasteiger partial charge in [-0.25, -0.2) is 0 Å². The first-order chi connectivity index (χ1) is 9.81. The lowest BCUT2D eigenvalue weighted by atomic mass is 10.1. The second-order valence-electron chi connectivity index (χ2n) is 5.43. The molecule has 0 spiro atoms. The molecule has 1 fully saturated rings. The number of carbonyl (C=O) groups excluding carboxylic acids is 1. The van der Waals surface area contributed by atoms with Crippen LogP contribution in [0.15, 0.2) is 30.3 Å². The molecule has 20 heavy (non-hydrogen) atoms. The van der Waals surface area contributed by atoms with Crippen molar-refractivity contribution in [1.29, 1.82) is 0 Å². The van der Waals surface area contributed by atoms with Gasteiger partial charge in [0.25, 0.3) is 0 Å². The minimum absolute atomic E-state index is 0.0632. The molecular formula is C17H25NO2. The molecule has 0 radical (unpaired) electrons. The van der Waals surface area contributed by atoms with Crippen LogP contribution in [0.2, 0.25) is 0 Å². The van der Waals surface area contributed by atoms with Crippen molar-refractivity contribution in [3.05, 3.63) is 35.9 Å². The molecule has 1 aliphatic rings. The van der Waals surface area contributed by atoms with E-state index < -0.39 is 0 Å². The van der Waals surface area contributed by atoms with E-state index in [1.807, 2.05) is 6.92 Å². The van der Waals surface area contributed by atoms with Gasteiger partial charge in [-0.05, 0) is 38.3 Å². The number of unbranched alkanes of at least 4 members (excludes halogenated alkanes) is 2. The third kappa shape index (κ3) is 4.97. The highest BCUT2D eigenvalue weighted by atomic mass is 16.5. The number of benzene rings is 1. The molecule has 0 aromatic heterocycles. The zero-order valence-corrected chi connectivity index (χ0v) is 12.3. The average molecular weight is 275 g/mol. The highest BCUT2D eigenvalue weighted by molar-refractivity contribution is 5.69. The van der Waals surface area contributed by atoms with Gasteiger partial charge in [0.05, 0.1) is 6.61 Å². The minimum atomic E-state index is -0.0632. The van der Waals surface area contributed by atoms with Crippen LogP contribution >= 0.6 is 0 Å². The summed E-state index contributed by atoms with van der Waals surface area (Å²) in [7, 11) is 0. The third-order valence-electron chi connectivity index (χ3n) is 3.79. The maximum Gasteiger partial charge on any atom is 0.305 e. The average Bonchev–Trinajstić information content (AvgIpc) is 3.23. The van der Waals surface area contributed by atoms with E-state index >= 15 is 0 Å². The zero-order valence-electron chi connectivity index (χ0n) is 12.3. The molecule has 0 saturated heterocycles. The number of esters is 1. The van der Waals surface area contributed by atoms with Gasteiger partial charge in [-0.15, -0.1) is 0 Å². The predicted octanol–water partition coefficient (Wildman–Crippen LogP) is 3.26. The van der Waals surface area contributed by atoms with Crippen molar-refractivity contribution in [2.75, 3.05) is 13.2 Å². The van der Waals surface area contributed by atoms with Gasteiger partial charge in [-0.2, -0.15) is 0 Å². The van der Waals surface area contributed by atoms with E-state index in [2.05, 4.69) is 35.6 Å². The second-order valence-corrected chi connectivity index (χ2v) is 5.43. The minimum Gasteiger partial charge on any atom is -0.466 e. The SMILES string of the molecule is CCOC(=O)CCCCCNC1CC1c1ccccc1. The molecule has 110 valence electrons. The van der Waals surface area contributed by atoms with Crippen molar-refractivity contribution in [3.63, 3.8) is 0 Å². The monoisotopic (exact) mass is 275 g/mol. The van der Waals surface area contributed by atoms with E-state index in [-0.39, 0.29) is 5.97 Å². The maximum atomic E-state index is 11.2. The molecular weight excluding hydrogens is 250 g/mol. The van der Waals surface area contributed by atoms with E-state index in [0.29, 0.717) is 25.0 Å². The number of rotatable bonds is 9. The molecule has 0 heterocycles. The Morgan fingerprint density at radius 2 is 2.05 bits per heavy atom. The Hall–Kier alpha value is -1.35. The summed E-state index contributed by atoms with van der Waals surface area (Å²) in [6, 6.07) is 11.4. The van der Waals surface area contributed by atoms with Crippen LogP contribution < -0.4 is 5.32 Å². The Morgan fingerprint density at radius 3 is 2.80 bits per heavy atom. The van der Waals surface area contributed by atoms with Gasteiger partial charge in [0.1, 0.15) is 0 Å². The first kappa shape index (κ1) is 15.0. The largest absolute Gasteiger partial charge is 0.466 e. The van der Waals surface area contributed by atoms with Gasteiger partial charge in [0.15, 0.2) is 0 Å². The van der Waals surface area contributed by atoms with Gasteiger partial charge in [-0.3, -0.25) is 4.79 Å². The number of hydrogen-bond acceptors (Lipinski definition) is 3. The van der Waals surface area contributed by atoms with Gasteiger partial charge in [0, 0.05) is 18.4 Å². The molecule has 1 aliphatic carbocycles. The molecule has 0 bridgehead atoms. The summed E-state index contributed by atoms with van der Waals surface area (Å²) in [5, 5.41) is 3.60. The van der Waals surface area contributed by atoms with Gasteiger partial charge < -0.3 is 10.1 Å². The summed E-state index contributed by atoms with van der Waals surface area (Å²) >= 11 is 0. The summed E-state index contributed by atoms with van der Waals surface area (Å²) in [6.45, 7) is 3.39. The van der Waals surface area contributed by atoms with Crippen molar-refractivity contribution in [1.82, 2.24) is 5.32 Å². The first-order valence-electron chi connectivity index (χ1n) is 7.75. The van der Waals surface area contributed by atoms with E-state index in [9.17, 15) is 4.79 Å². The lowest BCUT2D eigenvalue weighted by Gasteiger charge is -2.05. The maximum absolute atomic E-state index is 11.2. The fraction of sp³-hybridized carbons (Fsp3) is 0.588. The third-order valence-corrected chi connectivity index (χ3v) is 3.79. The van der Waals surface area contributed by atoms with Crippen molar-refractivity contribution >= 4 is 5.97 Å². The standard InChI is InChI=1S/C17H25NO2/c1-2-20-17(19)11-7-4-8-12-18-16-13-15(16)14-9-5-3-6-10-14/h3,5-6,9-10,15-16,18H,2,4,7-8,11-13H2,1H3. The molecule has 2 unspecified atom stereocenters. The summed E-state index contributed by atoms with van der Waals surface area (Å²) in [5.74, 6) is 0.641. The molecule has 0 aliphatic heterocycles. The number of nitrogens with one attached hydrogen (secondary N) is 1. The van der Waals surface area contributed by atoms with Crippen LogP contribution in [0.1, 0.15) is 50.5 Å². The molecule has 2 rings (SSSR count). The van der Waals surface area contributed by atoms with E-state index in [1.54, 1.807) is 0 Å². The smallest absolute Gasteiger partial charge is 0.305 e. The number of hydrogen-bond donors (Lipinski definition) is 1. The first-order valence-corrected chi connectivity index (χ1v) is 7.75. The Morgan fingerprint density at radius 1 is 1.25 bits per heavy atom. The van der Waals surface area contributed by atoms with Crippen LogP contribution in [0, 0.1) is 0 Å². The Kier molecular flexibility index (Phi) is 6.06. The lowest BCUT2D eigenvalue weighted by molar-refractivity contribution is -0.143. The molecule has 2 atom stereocenters. The van der Waals surface area contributed by atoms with Crippen molar-refractivity contribution in [2.24, 2.45) is 0 Å². The molecule has 0 amide bonds. The Bertz CT molecular complexity index is 405. The van der Waals surface area contributed by atoms with Crippen LogP contribution in [0.4, 0.5) is 0 Å². The van der Waals surface area contributed by atoms with E-state index in [1.165, 1.54) is 12.0 Å². The molecule has 1 aromatic carbocycles. The van der Waals surface area contributed by atoms with Crippen LogP contribution in [0.5, 0.6) is 0 Å². The number of carbonyl (C=O) groups is 1. The molecule has 3 heteroatoms. The van der Waals surface area contributed by atoms with E-state index in [0.717, 1.165) is 25.8 Å². The highest BCUT2D eigenvalue weighted by Crippen LogP contribution is 2.40. The van der Waals surface area contributed by atoms with Crippen LogP contribution in [0.25, 0.3) is 0 Å². The Labute approximate surface area is 121 Å². The molecule has 1 N–H and O–H groups in total. The van der Waals surface area contributed by atoms with Gasteiger partial charge in [0.2, 0.25) is 0 Å². The normalized spacial score (nSPS) is 20.6. The molecule has 3 nitrogen and oxygen atoms in total. The topological polar surface area (TPSA) is 38.3 Å². The van der Waals surface area contributed by atoms with E-state index in [4.69, 9.17) is 4.74 Å². The van der Waals surface area contributed by atoms with Crippen LogP contribution in [0.3, 0.4) is 0 Å². The Balaban J connectivity index is 1.48. The highest BCUT2D eigenvalue weighted by Gasteiger charge is 2.37. The summed E-state index contributed by atoms with van der Waals surface area (Å²) in [5.41, 5.74) is 1.45. The lowest BCUT2D eigenvalue weighted by Crippen LogP contribution is -2.19. The number of ether oxygens (including phenoxy) is 1. The fourth-order valence-electron chi connectivity index (χ4n) is 2.58. The van der Waals surface area contributed by atoms with Crippen molar-refractivity contribution in [3.8, 4) is 0 Å². The van der Waals surface area contributed by atoms with Crippen molar-refractivity contribution < 1.29 is 9.53 Å². The quantitative estimate of drug-likeness (QED) is 0.555. The van der Waals surface area contributed by atoms with Gasteiger partial charge >= 0.3 is 5.97 Å². The predicted molar refractivity (Wildman–Crippen MR) is 80.7 cm³/mol. The summed E-state index contributed by atoms with van der Waals surface area (Å²) < 4.78 is 4.91.